The smallest absolute Gasteiger partial charge is 0.256 e. The van der Waals surface area contributed by atoms with E-state index in [1.165, 1.54) is 17.9 Å². The highest BCUT2D eigenvalue weighted by Crippen LogP contribution is 2.22. The summed E-state index contributed by atoms with van der Waals surface area (Å²) in [4.78, 5) is 12.9. The first-order chi connectivity index (χ1) is 11.6. The molecule has 24 heavy (non-hydrogen) atoms. The summed E-state index contributed by atoms with van der Waals surface area (Å²) in [5.74, 6) is -0.555. The number of thiocarbonyl (C=S) groups is 1. The van der Waals surface area contributed by atoms with Gasteiger partial charge in [-0.3, -0.25) is 4.79 Å². The number of nitrogens with zero attached hydrogens (tertiary/aromatic N) is 4. The van der Waals surface area contributed by atoms with E-state index < -0.39 is 5.82 Å². The molecule has 3 rings (SSSR count). The summed E-state index contributed by atoms with van der Waals surface area (Å²) in [6, 6.07) is 4.68. The minimum Gasteiger partial charge on any atom is -0.474 e. The molecule has 2 aromatic rings. The molecule has 10 heteroatoms. The number of benzene rings is 1. The molecule has 0 bridgehead atoms. The molecule has 2 heterocycles. The highest BCUT2D eigenvalue weighted by Gasteiger charge is 2.21. The molecule has 0 atom stereocenters. The Labute approximate surface area is 142 Å². The van der Waals surface area contributed by atoms with E-state index in [-0.39, 0.29) is 17.6 Å². The van der Waals surface area contributed by atoms with Crippen molar-refractivity contribution in [3.8, 4) is 5.69 Å². The average molecular weight is 350 g/mol. The second kappa shape index (κ2) is 6.79. The van der Waals surface area contributed by atoms with Crippen molar-refractivity contribution >= 4 is 29.0 Å². The maximum Gasteiger partial charge on any atom is 0.256 e. The Hall–Kier alpha value is -2.75. The minimum absolute atomic E-state index is 0.124. The van der Waals surface area contributed by atoms with E-state index >= 15 is 0 Å². The van der Waals surface area contributed by atoms with Crippen LogP contribution in [0.15, 0.2) is 24.4 Å². The number of rotatable bonds is 4. The van der Waals surface area contributed by atoms with Gasteiger partial charge in [-0.25, -0.2) is 9.07 Å². The van der Waals surface area contributed by atoms with Gasteiger partial charge in [0, 0.05) is 6.07 Å². The van der Waals surface area contributed by atoms with Crippen LogP contribution in [-0.4, -0.2) is 46.4 Å². The van der Waals surface area contributed by atoms with Crippen LogP contribution in [0.2, 0.25) is 0 Å². The molecule has 0 saturated carbocycles. The zero-order chi connectivity index (χ0) is 17.1. The predicted molar refractivity (Wildman–Crippen MR) is 88.1 cm³/mol. The van der Waals surface area contributed by atoms with Crippen LogP contribution in [0.25, 0.3) is 5.69 Å². The molecule has 1 aromatic carbocycles. The molecule has 1 aliphatic heterocycles. The number of hydrogen-bond acceptors (Lipinski definition) is 6. The van der Waals surface area contributed by atoms with Crippen molar-refractivity contribution in [3.63, 3.8) is 0 Å². The summed E-state index contributed by atoms with van der Waals surface area (Å²) in [5.41, 5.74) is 1.53. The SMILES string of the molecule is COC(=S)NCc1cn(-c2ccc(N3CNC(=O)C3)c(F)c2)nn1. The Morgan fingerprint density at radius 3 is 3.04 bits per heavy atom. The van der Waals surface area contributed by atoms with Crippen LogP contribution in [0.4, 0.5) is 10.1 Å². The van der Waals surface area contributed by atoms with Gasteiger partial charge in [0.05, 0.1) is 44.4 Å². The fourth-order valence-electron chi connectivity index (χ4n) is 2.27. The maximum absolute atomic E-state index is 14.3. The Bertz CT molecular complexity index is 780. The van der Waals surface area contributed by atoms with Gasteiger partial charge in [0.2, 0.25) is 5.91 Å². The van der Waals surface area contributed by atoms with Gasteiger partial charge in [-0.05, 0) is 24.4 Å². The van der Waals surface area contributed by atoms with Gasteiger partial charge < -0.3 is 20.3 Å². The summed E-state index contributed by atoms with van der Waals surface area (Å²) < 4.78 is 20.6. The number of carbonyl (C=O) groups is 1. The van der Waals surface area contributed by atoms with Crippen LogP contribution in [0.5, 0.6) is 0 Å². The van der Waals surface area contributed by atoms with E-state index in [9.17, 15) is 9.18 Å². The summed E-state index contributed by atoms with van der Waals surface area (Å²) in [6.07, 6.45) is 1.67. The number of aromatic nitrogens is 3. The molecule has 0 unspecified atom stereocenters. The second-order valence-corrected chi connectivity index (χ2v) is 5.46. The lowest BCUT2D eigenvalue weighted by Crippen LogP contribution is -2.22. The quantitative estimate of drug-likeness (QED) is 0.768. The molecule has 8 nitrogen and oxygen atoms in total. The number of nitrogens with one attached hydrogen (secondary N) is 2. The van der Waals surface area contributed by atoms with E-state index in [1.54, 1.807) is 23.2 Å². The third-order valence-corrected chi connectivity index (χ3v) is 3.79. The molecule has 1 amide bonds. The normalized spacial score (nSPS) is 13.8. The summed E-state index contributed by atoms with van der Waals surface area (Å²) in [7, 11) is 1.47. The number of anilines is 1. The Balaban J connectivity index is 1.73. The first-order valence-corrected chi connectivity index (χ1v) is 7.52. The zero-order valence-corrected chi connectivity index (χ0v) is 13.6. The lowest BCUT2D eigenvalue weighted by atomic mass is 10.2. The highest BCUT2D eigenvalue weighted by molar-refractivity contribution is 7.80. The van der Waals surface area contributed by atoms with Gasteiger partial charge >= 0.3 is 0 Å². The molecule has 0 aliphatic carbocycles. The van der Waals surface area contributed by atoms with Crippen molar-refractivity contribution in [1.82, 2.24) is 25.6 Å². The standard InChI is InChI=1S/C14H15FN6O2S/c1-23-14(24)16-5-9-6-21(19-18-9)10-2-3-12(11(15)4-10)20-7-13(22)17-8-20/h2-4,6H,5,7-8H2,1H3,(H,16,24)(H,17,22). The van der Waals surface area contributed by atoms with Crippen molar-refractivity contribution in [2.24, 2.45) is 0 Å². The average Bonchev–Trinajstić information content (AvgIpc) is 3.21. The van der Waals surface area contributed by atoms with Gasteiger partial charge in [0.1, 0.15) is 11.5 Å². The fraction of sp³-hybridized carbons (Fsp3) is 0.286. The van der Waals surface area contributed by atoms with Gasteiger partial charge in [-0.1, -0.05) is 5.21 Å². The molecule has 1 fully saturated rings. The molecule has 1 aliphatic rings. The fourth-order valence-corrected chi connectivity index (χ4v) is 2.35. The molecule has 2 N–H and O–H groups in total. The maximum atomic E-state index is 14.3. The topological polar surface area (TPSA) is 84.3 Å². The van der Waals surface area contributed by atoms with Crippen molar-refractivity contribution in [2.45, 2.75) is 6.54 Å². The van der Waals surface area contributed by atoms with E-state index in [0.29, 0.717) is 30.3 Å². The van der Waals surface area contributed by atoms with Gasteiger partial charge in [0.15, 0.2) is 0 Å². The van der Waals surface area contributed by atoms with Gasteiger partial charge in [-0.15, -0.1) is 5.10 Å². The van der Waals surface area contributed by atoms with E-state index in [2.05, 4.69) is 20.9 Å². The van der Waals surface area contributed by atoms with E-state index in [1.807, 2.05) is 0 Å². The van der Waals surface area contributed by atoms with Crippen LogP contribution in [-0.2, 0) is 16.1 Å². The first kappa shape index (κ1) is 16.1. The number of ether oxygens (including phenoxy) is 1. The zero-order valence-electron chi connectivity index (χ0n) is 12.8. The summed E-state index contributed by atoms with van der Waals surface area (Å²) in [6.45, 7) is 0.803. The van der Waals surface area contributed by atoms with Crippen molar-refractivity contribution < 1.29 is 13.9 Å². The molecule has 0 spiro atoms. The van der Waals surface area contributed by atoms with E-state index in [0.717, 1.165) is 0 Å². The third kappa shape index (κ3) is 3.43. The van der Waals surface area contributed by atoms with Gasteiger partial charge in [-0.2, -0.15) is 0 Å². The van der Waals surface area contributed by atoms with Crippen LogP contribution >= 0.6 is 12.2 Å². The number of hydrogen-bond donors (Lipinski definition) is 2. The third-order valence-electron chi connectivity index (χ3n) is 3.48. The molecule has 0 radical (unpaired) electrons. The number of halogens is 1. The lowest BCUT2D eigenvalue weighted by Gasteiger charge is -2.16. The summed E-state index contributed by atoms with van der Waals surface area (Å²) >= 11 is 4.88. The molecular formula is C14H15FN6O2S. The van der Waals surface area contributed by atoms with Crippen LogP contribution in [0.1, 0.15) is 5.69 Å². The number of carbonyl (C=O) groups excluding carboxylic acids is 1. The van der Waals surface area contributed by atoms with Crippen molar-refractivity contribution in [2.75, 3.05) is 25.2 Å². The van der Waals surface area contributed by atoms with Gasteiger partial charge in [0.25, 0.3) is 5.17 Å². The largest absolute Gasteiger partial charge is 0.474 e. The first-order valence-electron chi connectivity index (χ1n) is 7.11. The summed E-state index contributed by atoms with van der Waals surface area (Å²) in [5, 5.41) is 13.7. The lowest BCUT2D eigenvalue weighted by molar-refractivity contribution is -0.118. The second-order valence-electron chi connectivity index (χ2n) is 5.09. The molecule has 1 aromatic heterocycles. The number of methoxy groups -OCH3 is 1. The van der Waals surface area contributed by atoms with Crippen LogP contribution < -0.4 is 15.5 Å². The number of amides is 1. The predicted octanol–water partition coefficient (Wildman–Crippen LogP) is 0.321. The molecule has 1 saturated heterocycles. The monoisotopic (exact) mass is 350 g/mol. The highest BCUT2D eigenvalue weighted by atomic mass is 32.1. The Kier molecular flexibility index (Phi) is 4.56. The van der Waals surface area contributed by atoms with Crippen molar-refractivity contribution in [1.29, 1.82) is 0 Å². The van der Waals surface area contributed by atoms with Crippen LogP contribution in [0, 0.1) is 5.82 Å². The Morgan fingerprint density at radius 1 is 1.54 bits per heavy atom. The molecular weight excluding hydrogens is 335 g/mol. The van der Waals surface area contributed by atoms with E-state index in [4.69, 9.17) is 17.0 Å². The van der Waals surface area contributed by atoms with Crippen molar-refractivity contribution in [3.05, 3.63) is 35.9 Å². The molecule has 126 valence electrons. The van der Waals surface area contributed by atoms with Crippen LogP contribution in [0.3, 0.4) is 0 Å². The Morgan fingerprint density at radius 2 is 2.38 bits per heavy atom. The minimum atomic E-state index is -0.431.